The van der Waals surface area contributed by atoms with E-state index in [1.165, 1.54) is 59.9 Å². The van der Waals surface area contributed by atoms with Gasteiger partial charge in [-0.05, 0) is 64.8 Å². The Morgan fingerprint density at radius 3 is 2.12 bits per heavy atom. The zero-order valence-electron chi connectivity index (χ0n) is 14.9. The maximum atomic E-state index is 2.50. The molecule has 1 saturated carbocycles. The van der Waals surface area contributed by atoms with Crippen LogP contribution in [0.15, 0.2) is 66.7 Å². The Bertz CT molecular complexity index is 942. The van der Waals surface area contributed by atoms with Crippen LogP contribution in [0, 0.1) is 6.92 Å². The highest BCUT2D eigenvalue weighted by Crippen LogP contribution is 2.56. The first-order chi connectivity index (χ1) is 12.3. The Morgan fingerprint density at radius 1 is 0.640 bits per heavy atom. The van der Waals surface area contributed by atoms with Crippen LogP contribution in [-0.4, -0.2) is 0 Å². The molecule has 0 aromatic heterocycles. The summed E-state index contributed by atoms with van der Waals surface area (Å²) in [4.78, 5) is 0. The summed E-state index contributed by atoms with van der Waals surface area (Å²) < 4.78 is 0. The standard InChI is InChI=1S/C25H24/c1-18-9-3-4-10-20(18)19-13-14-22-21-11-5-6-12-23(21)25(24(22)17-19)15-7-2-8-16-25/h3-6,9-14,17H,2,7-8,15-16H2,1H3. The van der Waals surface area contributed by atoms with Crippen molar-refractivity contribution in [3.63, 3.8) is 0 Å². The van der Waals surface area contributed by atoms with Crippen molar-refractivity contribution in [2.75, 3.05) is 0 Å². The molecule has 0 nitrogen and oxygen atoms in total. The van der Waals surface area contributed by atoms with Crippen LogP contribution in [0.25, 0.3) is 22.3 Å². The van der Waals surface area contributed by atoms with Gasteiger partial charge in [0, 0.05) is 5.41 Å². The lowest BCUT2D eigenvalue weighted by Gasteiger charge is -2.36. The van der Waals surface area contributed by atoms with Gasteiger partial charge < -0.3 is 0 Å². The third-order valence-corrected chi connectivity index (χ3v) is 6.43. The summed E-state index contributed by atoms with van der Waals surface area (Å²) in [5.41, 5.74) is 10.4. The molecule has 5 rings (SSSR count). The molecule has 124 valence electrons. The number of benzene rings is 3. The Kier molecular flexibility index (Phi) is 3.35. The molecule has 3 aromatic rings. The minimum atomic E-state index is 0.253. The van der Waals surface area contributed by atoms with Crippen molar-refractivity contribution in [1.29, 1.82) is 0 Å². The molecule has 0 heterocycles. The van der Waals surface area contributed by atoms with Gasteiger partial charge in [0.1, 0.15) is 0 Å². The maximum Gasteiger partial charge on any atom is 0.0215 e. The third kappa shape index (κ3) is 2.13. The predicted octanol–water partition coefficient (Wildman–Crippen LogP) is 6.89. The Balaban J connectivity index is 1.75. The number of aryl methyl sites for hydroxylation is 1. The summed E-state index contributed by atoms with van der Waals surface area (Å²) in [5.74, 6) is 0. The Labute approximate surface area is 150 Å². The van der Waals surface area contributed by atoms with Crippen molar-refractivity contribution >= 4 is 0 Å². The van der Waals surface area contributed by atoms with E-state index in [9.17, 15) is 0 Å². The molecule has 0 aliphatic heterocycles. The van der Waals surface area contributed by atoms with Crippen LogP contribution in [-0.2, 0) is 5.41 Å². The van der Waals surface area contributed by atoms with E-state index in [1.807, 2.05) is 0 Å². The van der Waals surface area contributed by atoms with E-state index in [2.05, 4.69) is 73.7 Å². The number of fused-ring (bicyclic) bond motifs is 5. The quantitative estimate of drug-likeness (QED) is 0.457. The maximum absolute atomic E-state index is 2.50. The SMILES string of the molecule is Cc1ccccc1-c1ccc2c(c1)C1(CCCCC1)c1ccccc1-2. The van der Waals surface area contributed by atoms with Gasteiger partial charge in [0.15, 0.2) is 0 Å². The molecule has 0 amide bonds. The lowest BCUT2D eigenvalue weighted by Crippen LogP contribution is -2.28. The summed E-state index contributed by atoms with van der Waals surface area (Å²) in [6, 6.07) is 25.1. The van der Waals surface area contributed by atoms with E-state index >= 15 is 0 Å². The lowest BCUT2D eigenvalue weighted by molar-refractivity contribution is 0.353. The molecule has 1 fully saturated rings. The van der Waals surface area contributed by atoms with E-state index in [0.29, 0.717) is 0 Å². The normalized spacial score (nSPS) is 17.3. The predicted molar refractivity (Wildman–Crippen MR) is 106 cm³/mol. The van der Waals surface area contributed by atoms with Gasteiger partial charge in [0.2, 0.25) is 0 Å². The average molecular weight is 324 g/mol. The minimum absolute atomic E-state index is 0.253. The van der Waals surface area contributed by atoms with Crippen molar-refractivity contribution in [3.05, 3.63) is 83.4 Å². The van der Waals surface area contributed by atoms with Crippen LogP contribution < -0.4 is 0 Å². The van der Waals surface area contributed by atoms with Crippen molar-refractivity contribution in [3.8, 4) is 22.3 Å². The van der Waals surface area contributed by atoms with E-state index in [0.717, 1.165) is 0 Å². The summed E-state index contributed by atoms with van der Waals surface area (Å²) in [7, 11) is 0. The first kappa shape index (κ1) is 15.0. The second kappa shape index (κ2) is 5.59. The molecule has 0 atom stereocenters. The fraction of sp³-hybridized carbons (Fsp3) is 0.280. The van der Waals surface area contributed by atoms with Crippen LogP contribution >= 0.6 is 0 Å². The highest BCUT2D eigenvalue weighted by Gasteiger charge is 2.43. The highest BCUT2D eigenvalue weighted by atomic mass is 14.5. The fourth-order valence-corrected chi connectivity index (χ4v) is 5.21. The first-order valence-corrected chi connectivity index (χ1v) is 9.60. The first-order valence-electron chi connectivity index (χ1n) is 9.60. The van der Waals surface area contributed by atoms with Gasteiger partial charge in [-0.1, -0.05) is 79.9 Å². The second-order valence-corrected chi connectivity index (χ2v) is 7.76. The van der Waals surface area contributed by atoms with E-state index in [-0.39, 0.29) is 5.41 Å². The van der Waals surface area contributed by atoms with E-state index in [1.54, 1.807) is 11.1 Å². The summed E-state index contributed by atoms with van der Waals surface area (Å²) >= 11 is 0. The molecule has 0 bridgehead atoms. The van der Waals surface area contributed by atoms with E-state index in [4.69, 9.17) is 0 Å². The molecule has 0 unspecified atom stereocenters. The molecule has 0 heteroatoms. The van der Waals surface area contributed by atoms with Gasteiger partial charge in [-0.15, -0.1) is 0 Å². The molecule has 25 heavy (non-hydrogen) atoms. The summed E-state index contributed by atoms with van der Waals surface area (Å²) in [6.07, 6.45) is 6.68. The molecular weight excluding hydrogens is 300 g/mol. The van der Waals surface area contributed by atoms with Crippen LogP contribution in [0.1, 0.15) is 48.8 Å². The summed E-state index contributed by atoms with van der Waals surface area (Å²) in [6.45, 7) is 2.22. The lowest BCUT2D eigenvalue weighted by atomic mass is 9.67. The molecular formula is C25H24. The topological polar surface area (TPSA) is 0 Å². The van der Waals surface area contributed by atoms with E-state index < -0.39 is 0 Å². The zero-order valence-corrected chi connectivity index (χ0v) is 14.9. The molecule has 2 aliphatic rings. The molecule has 0 N–H and O–H groups in total. The molecule has 3 aromatic carbocycles. The number of hydrogen-bond acceptors (Lipinski definition) is 0. The van der Waals surface area contributed by atoms with Crippen LogP contribution in [0.3, 0.4) is 0 Å². The van der Waals surface area contributed by atoms with Gasteiger partial charge in [-0.3, -0.25) is 0 Å². The highest BCUT2D eigenvalue weighted by molar-refractivity contribution is 5.84. The Hall–Kier alpha value is -2.34. The number of rotatable bonds is 1. The van der Waals surface area contributed by atoms with Gasteiger partial charge in [-0.2, -0.15) is 0 Å². The van der Waals surface area contributed by atoms with Crippen molar-refractivity contribution in [2.24, 2.45) is 0 Å². The van der Waals surface area contributed by atoms with Gasteiger partial charge in [0.25, 0.3) is 0 Å². The zero-order chi connectivity index (χ0) is 16.9. The van der Waals surface area contributed by atoms with Crippen LogP contribution in [0.5, 0.6) is 0 Å². The largest absolute Gasteiger partial charge is 0.0620 e. The van der Waals surface area contributed by atoms with Gasteiger partial charge in [-0.25, -0.2) is 0 Å². The Morgan fingerprint density at radius 2 is 1.32 bits per heavy atom. The second-order valence-electron chi connectivity index (χ2n) is 7.76. The molecule has 0 radical (unpaired) electrons. The average Bonchev–Trinajstić information content (AvgIpc) is 2.93. The van der Waals surface area contributed by atoms with Crippen molar-refractivity contribution < 1.29 is 0 Å². The van der Waals surface area contributed by atoms with Crippen molar-refractivity contribution in [2.45, 2.75) is 44.4 Å². The van der Waals surface area contributed by atoms with Crippen LogP contribution in [0.4, 0.5) is 0 Å². The minimum Gasteiger partial charge on any atom is -0.0620 e. The molecule has 0 saturated heterocycles. The third-order valence-electron chi connectivity index (χ3n) is 6.43. The monoisotopic (exact) mass is 324 g/mol. The molecule has 2 aliphatic carbocycles. The molecule has 1 spiro atoms. The summed E-state index contributed by atoms with van der Waals surface area (Å²) in [5, 5.41) is 0. The van der Waals surface area contributed by atoms with Crippen molar-refractivity contribution in [1.82, 2.24) is 0 Å². The smallest absolute Gasteiger partial charge is 0.0215 e. The van der Waals surface area contributed by atoms with Gasteiger partial charge >= 0.3 is 0 Å². The van der Waals surface area contributed by atoms with Gasteiger partial charge in [0.05, 0.1) is 0 Å². The van der Waals surface area contributed by atoms with Crippen LogP contribution in [0.2, 0.25) is 0 Å². The fourth-order valence-electron chi connectivity index (χ4n) is 5.21. The number of hydrogen-bond donors (Lipinski definition) is 0.